The molecule has 2 heterocycles. The van der Waals surface area contributed by atoms with Gasteiger partial charge in [-0.15, -0.1) is 0 Å². The normalized spacial score (nSPS) is 11.2. The lowest BCUT2D eigenvalue weighted by Gasteiger charge is -2.15. The molecule has 0 saturated heterocycles. The first-order valence-electron chi connectivity index (χ1n) is 8.46. The van der Waals surface area contributed by atoms with Crippen LogP contribution in [0.3, 0.4) is 0 Å². The molecule has 0 amide bonds. The molecule has 0 aliphatic rings. The molecule has 0 aliphatic carbocycles. The van der Waals surface area contributed by atoms with Gasteiger partial charge in [-0.25, -0.2) is 10.2 Å². The van der Waals surface area contributed by atoms with Gasteiger partial charge in [0.25, 0.3) is 11.1 Å². The standard InChI is InChI=1S/C19H14N6O4/c26-15-12-8-4-5-9-14(12)25(11-6-2-1-3-7-11)18(21-15)24-20-10-13-16(27)22-19(29)23-17(13)28/h1-10H,(H,21,24,26)(H3,22,23,27,28,29). The number of nitrogens with zero attached hydrogens (tertiary/aromatic N) is 3. The van der Waals surface area contributed by atoms with Gasteiger partial charge in [0, 0.05) is 5.69 Å². The molecule has 10 nitrogen and oxygen atoms in total. The minimum atomic E-state index is -0.841. The summed E-state index contributed by atoms with van der Waals surface area (Å²) in [5.41, 5.74) is 1.61. The van der Waals surface area contributed by atoms with Gasteiger partial charge in [0.05, 0.1) is 17.1 Å². The first kappa shape index (κ1) is 17.9. The van der Waals surface area contributed by atoms with Gasteiger partial charge in [0.1, 0.15) is 5.56 Å². The zero-order valence-corrected chi connectivity index (χ0v) is 14.8. The van der Waals surface area contributed by atoms with Gasteiger partial charge in [-0.2, -0.15) is 10.1 Å². The summed E-state index contributed by atoms with van der Waals surface area (Å²) in [6.45, 7) is 0. The fourth-order valence-corrected chi connectivity index (χ4v) is 2.84. The lowest BCUT2D eigenvalue weighted by atomic mass is 10.2. The average Bonchev–Trinajstić information content (AvgIpc) is 2.71. The average molecular weight is 390 g/mol. The van der Waals surface area contributed by atoms with Crippen LogP contribution >= 0.6 is 0 Å². The molecule has 2 aromatic carbocycles. The maximum atomic E-state index is 12.4. The second kappa shape index (κ2) is 7.27. The highest BCUT2D eigenvalue weighted by atomic mass is 16.3. The smallest absolute Gasteiger partial charge is 0.328 e. The van der Waals surface area contributed by atoms with E-state index >= 15 is 0 Å². The second-order valence-corrected chi connectivity index (χ2v) is 5.97. The summed E-state index contributed by atoms with van der Waals surface area (Å²) in [4.78, 5) is 43.4. The SMILES string of the molecule is O=c1[nH]c(O)c(C=NNc2nc(=O)c3ccccc3n2-c2ccccc2)c(=O)[nH]1. The fraction of sp³-hybridized carbons (Fsp3) is 0. The van der Waals surface area contributed by atoms with Crippen LogP contribution in [0.15, 0.2) is 74.1 Å². The van der Waals surface area contributed by atoms with E-state index in [1.807, 2.05) is 35.3 Å². The quantitative estimate of drug-likeness (QED) is 0.301. The summed E-state index contributed by atoms with van der Waals surface area (Å²) in [5, 5.41) is 14.1. The largest absolute Gasteiger partial charge is 0.494 e. The molecule has 0 fully saturated rings. The zero-order valence-electron chi connectivity index (χ0n) is 14.8. The van der Waals surface area contributed by atoms with Crippen molar-refractivity contribution in [3.05, 3.63) is 91.4 Å². The third-order valence-corrected chi connectivity index (χ3v) is 4.13. The van der Waals surface area contributed by atoms with Crippen LogP contribution in [0.4, 0.5) is 5.95 Å². The van der Waals surface area contributed by atoms with Crippen LogP contribution in [-0.4, -0.2) is 30.8 Å². The van der Waals surface area contributed by atoms with Crippen LogP contribution in [0.2, 0.25) is 0 Å². The van der Waals surface area contributed by atoms with Gasteiger partial charge in [-0.05, 0) is 24.3 Å². The minimum absolute atomic E-state index is 0.108. The maximum Gasteiger partial charge on any atom is 0.328 e. The van der Waals surface area contributed by atoms with Crippen LogP contribution in [0, 0.1) is 0 Å². The number of nitrogens with one attached hydrogen (secondary N) is 3. The van der Waals surface area contributed by atoms with Gasteiger partial charge in [-0.3, -0.25) is 24.1 Å². The predicted octanol–water partition coefficient (Wildman–Crippen LogP) is 0.914. The molecule has 0 aliphatic heterocycles. The van der Waals surface area contributed by atoms with Crippen LogP contribution in [-0.2, 0) is 0 Å². The summed E-state index contributed by atoms with van der Waals surface area (Å²) >= 11 is 0. The number of fused-ring (bicyclic) bond motifs is 1. The predicted molar refractivity (Wildman–Crippen MR) is 108 cm³/mol. The Morgan fingerprint density at radius 3 is 2.48 bits per heavy atom. The minimum Gasteiger partial charge on any atom is -0.494 e. The van der Waals surface area contributed by atoms with Crippen molar-refractivity contribution in [3.63, 3.8) is 0 Å². The number of para-hydroxylation sites is 2. The monoisotopic (exact) mass is 390 g/mol. The van der Waals surface area contributed by atoms with Crippen molar-refractivity contribution in [1.29, 1.82) is 0 Å². The van der Waals surface area contributed by atoms with E-state index in [-0.39, 0.29) is 11.5 Å². The third-order valence-electron chi connectivity index (χ3n) is 4.13. The van der Waals surface area contributed by atoms with Gasteiger partial charge >= 0.3 is 5.69 Å². The highest BCUT2D eigenvalue weighted by Gasteiger charge is 2.12. The summed E-state index contributed by atoms with van der Waals surface area (Å²) < 4.78 is 1.70. The third kappa shape index (κ3) is 3.41. The summed E-state index contributed by atoms with van der Waals surface area (Å²) in [6.07, 6.45) is 1.01. The molecule has 4 rings (SSSR count). The lowest BCUT2D eigenvalue weighted by Crippen LogP contribution is -2.25. The van der Waals surface area contributed by atoms with Crippen molar-refractivity contribution >= 4 is 23.1 Å². The molecule has 29 heavy (non-hydrogen) atoms. The van der Waals surface area contributed by atoms with Gasteiger partial charge in [0.2, 0.25) is 11.8 Å². The highest BCUT2D eigenvalue weighted by Crippen LogP contribution is 2.20. The molecule has 4 N–H and O–H groups in total. The molecule has 0 atom stereocenters. The van der Waals surface area contributed by atoms with Crippen molar-refractivity contribution in [1.82, 2.24) is 19.5 Å². The number of aromatic amines is 2. The summed E-state index contributed by atoms with van der Waals surface area (Å²) in [6, 6.07) is 16.2. The molecule has 4 aromatic rings. The van der Waals surface area contributed by atoms with Crippen molar-refractivity contribution in [2.45, 2.75) is 0 Å². The number of aromatic nitrogens is 4. The van der Waals surface area contributed by atoms with E-state index in [0.29, 0.717) is 10.9 Å². The number of hydrogen-bond acceptors (Lipinski definition) is 7. The van der Waals surface area contributed by atoms with Gasteiger partial charge in [-0.1, -0.05) is 30.3 Å². The Kier molecular flexibility index (Phi) is 4.49. The lowest BCUT2D eigenvalue weighted by molar-refractivity contribution is 0.447. The second-order valence-electron chi connectivity index (χ2n) is 5.97. The van der Waals surface area contributed by atoms with E-state index in [2.05, 4.69) is 20.5 Å². The number of benzene rings is 2. The highest BCUT2D eigenvalue weighted by molar-refractivity contribution is 5.83. The Morgan fingerprint density at radius 1 is 1.00 bits per heavy atom. The van der Waals surface area contributed by atoms with Crippen LogP contribution in [0.1, 0.15) is 5.56 Å². The Morgan fingerprint density at radius 2 is 1.72 bits per heavy atom. The summed E-state index contributed by atoms with van der Waals surface area (Å²) in [5.74, 6) is -0.521. The topological polar surface area (TPSA) is 145 Å². The fourth-order valence-electron chi connectivity index (χ4n) is 2.84. The van der Waals surface area contributed by atoms with Crippen molar-refractivity contribution in [2.24, 2.45) is 5.10 Å². The number of hydrazone groups is 1. The Hall–Kier alpha value is -4.47. The van der Waals surface area contributed by atoms with Crippen LogP contribution < -0.4 is 22.2 Å². The Labute approximate surface area is 161 Å². The van der Waals surface area contributed by atoms with E-state index in [1.165, 1.54) is 0 Å². The van der Waals surface area contributed by atoms with E-state index < -0.39 is 22.7 Å². The Bertz CT molecular complexity index is 1400. The number of rotatable bonds is 4. The molecular weight excluding hydrogens is 376 g/mol. The van der Waals surface area contributed by atoms with Gasteiger partial charge < -0.3 is 5.11 Å². The first-order valence-corrected chi connectivity index (χ1v) is 8.46. The van der Waals surface area contributed by atoms with E-state index in [9.17, 15) is 19.5 Å². The molecule has 0 saturated carbocycles. The number of hydrogen-bond donors (Lipinski definition) is 4. The van der Waals surface area contributed by atoms with Crippen LogP contribution in [0.5, 0.6) is 5.88 Å². The molecule has 144 valence electrons. The van der Waals surface area contributed by atoms with E-state index in [4.69, 9.17) is 0 Å². The van der Waals surface area contributed by atoms with Gasteiger partial charge in [0.15, 0.2) is 0 Å². The van der Waals surface area contributed by atoms with Crippen molar-refractivity contribution in [3.8, 4) is 11.6 Å². The van der Waals surface area contributed by atoms with Crippen LogP contribution in [0.25, 0.3) is 16.6 Å². The van der Waals surface area contributed by atoms with E-state index in [0.717, 1.165) is 11.9 Å². The van der Waals surface area contributed by atoms with Crippen molar-refractivity contribution < 1.29 is 5.11 Å². The summed E-state index contributed by atoms with van der Waals surface area (Å²) in [7, 11) is 0. The van der Waals surface area contributed by atoms with E-state index in [1.54, 1.807) is 28.8 Å². The molecule has 2 aromatic heterocycles. The molecular formula is C19H14N6O4. The molecule has 0 bridgehead atoms. The maximum absolute atomic E-state index is 12.4. The zero-order chi connectivity index (χ0) is 20.4. The number of anilines is 1. The number of aromatic hydroxyl groups is 1. The Balaban J connectivity index is 1.83. The molecule has 0 radical (unpaired) electrons. The number of H-pyrrole nitrogens is 2. The first-order chi connectivity index (χ1) is 14.0. The molecule has 0 unspecified atom stereocenters. The molecule has 0 spiro atoms. The van der Waals surface area contributed by atoms with Crippen molar-refractivity contribution in [2.75, 3.05) is 5.43 Å². The molecule has 10 heteroatoms.